The van der Waals surface area contributed by atoms with Crippen LogP contribution in [0.2, 0.25) is 0 Å². The van der Waals surface area contributed by atoms with Gasteiger partial charge in [-0.1, -0.05) is 6.92 Å². The van der Waals surface area contributed by atoms with Crippen molar-refractivity contribution in [3.63, 3.8) is 0 Å². The molecule has 2 fully saturated rings. The predicted octanol–water partition coefficient (Wildman–Crippen LogP) is 3.83. The maximum Gasteiger partial charge on any atom is 0.160 e. The van der Waals surface area contributed by atoms with Gasteiger partial charge in [-0.15, -0.1) is 0 Å². The first-order valence-corrected chi connectivity index (χ1v) is 8.47. The van der Waals surface area contributed by atoms with E-state index in [1.54, 1.807) is 7.11 Å². The standard InChI is InChI=1S/C19H24O3/c1-19-8-7-12-13(15(19)5-6-18(19)21)4-3-11-9-16(20)17(22-2)10-14(11)12/h9-10,12-13,15,20H,3-8H2,1-2H3/t12-,13+,15-,19-/m0/s1/i1+1,5+1,6+1,15+1,18+1,19+1. The number of benzene rings is 1. The van der Waals surface area contributed by atoms with Gasteiger partial charge >= 0.3 is 0 Å². The normalized spacial score (nSPS) is 36.5. The van der Waals surface area contributed by atoms with Crippen LogP contribution in [0.1, 0.15) is 56.1 Å². The quantitative estimate of drug-likeness (QED) is 0.802. The Morgan fingerprint density at radius 2 is 2.05 bits per heavy atom. The molecule has 1 aromatic carbocycles. The van der Waals surface area contributed by atoms with E-state index in [1.165, 1.54) is 11.1 Å². The average molecular weight is 306 g/mol. The molecule has 4 rings (SSSR count). The lowest BCUT2D eigenvalue weighted by Gasteiger charge is -2.48. The number of phenols is 1. The first kappa shape index (κ1) is 14.1. The van der Waals surface area contributed by atoms with Crippen molar-refractivity contribution in [3.05, 3.63) is 23.3 Å². The van der Waals surface area contributed by atoms with E-state index in [1.807, 2.05) is 12.1 Å². The van der Waals surface area contributed by atoms with E-state index in [9.17, 15) is 9.90 Å². The fraction of sp³-hybridized carbons (Fsp3) is 0.632. The summed E-state index contributed by atoms with van der Waals surface area (Å²) in [4.78, 5) is 12.3. The molecule has 3 aliphatic rings. The molecule has 4 atom stereocenters. The number of phenolic OH excluding ortho intramolecular Hbond substituents is 1. The fourth-order valence-electron chi connectivity index (χ4n) is 5.52. The third-order valence-electron chi connectivity index (χ3n) is 6.73. The van der Waals surface area contributed by atoms with Crippen molar-refractivity contribution in [1.82, 2.24) is 0 Å². The number of hydrogen-bond donors (Lipinski definition) is 1. The Morgan fingerprint density at radius 1 is 1.23 bits per heavy atom. The number of rotatable bonds is 1. The van der Waals surface area contributed by atoms with Crippen molar-refractivity contribution in [3.8, 4) is 11.5 Å². The van der Waals surface area contributed by atoms with E-state index < -0.39 is 0 Å². The highest BCUT2D eigenvalue weighted by molar-refractivity contribution is 5.87. The van der Waals surface area contributed by atoms with Gasteiger partial charge in [0.25, 0.3) is 0 Å². The Hall–Kier alpha value is -1.51. The minimum Gasteiger partial charge on any atom is -0.504 e. The van der Waals surface area contributed by atoms with Gasteiger partial charge in [-0.25, -0.2) is 0 Å². The molecule has 1 N–H and O–H groups in total. The lowest BCUT2D eigenvalue weighted by Crippen LogP contribution is -2.42. The zero-order valence-electron chi connectivity index (χ0n) is 13.4. The lowest BCUT2D eigenvalue weighted by atomic mass is 9.73. The summed E-state index contributed by atoms with van der Waals surface area (Å²) < 4.78 is 5.31. The van der Waals surface area contributed by atoms with Gasteiger partial charge in [0.15, 0.2) is 11.5 Å². The summed E-state index contributed by atoms with van der Waals surface area (Å²) in [6.07, 6.45) is 6.10. The molecule has 0 bridgehead atoms. The molecule has 0 radical (unpaired) electrons. The van der Waals surface area contributed by atoms with Gasteiger partial charge in [0.1, 0.15) is 5.78 Å². The topological polar surface area (TPSA) is 46.5 Å². The van der Waals surface area contributed by atoms with Crippen molar-refractivity contribution < 1.29 is 14.6 Å². The number of ether oxygens (including phenoxy) is 1. The number of fused-ring (bicyclic) bond motifs is 5. The van der Waals surface area contributed by atoms with E-state index in [2.05, 4.69) is 6.92 Å². The molecule has 2 saturated carbocycles. The number of carbonyl (C=O) groups is 1. The van der Waals surface area contributed by atoms with Crippen LogP contribution < -0.4 is 4.74 Å². The van der Waals surface area contributed by atoms with Crippen LogP contribution in [0.15, 0.2) is 12.1 Å². The van der Waals surface area contributed by atoms with Crippen molar-refractivity contribution in [2.45, 2.75) is 51.4 Å². The van der Waals surface area contributed by atoms with Gasteiger partial charge < -0.3 is 9.84 Å². The number of hydrogen-bond acceptors (Lipinski definition) is 3. The maximum atomic E-state index is 12.3. The van der Waals surface area contributed by atoms with Crippen LogP contribution >= 0.6 is 0 Å². The highest BCUT2D eigenvalue weighted by Gasteiger charge is 2.54. The van der Waals surface area contributed by atoms with Gasteiger partial charge in [0.05, 0.1) is 7.11 Å². The summed E-state index contributed by atoms with van der Waals surface area (Å²) in [5.74, 6) is 3.01. The molecule has 0 heterocycles. The van der Waals surface area contributed by atoms with E-state index in [0.29, 0.717) is 29.3 Å². The highest BCUT2D eigenvalue weighted by Crippen LogP contribution is 2.60. The SMILES string of the molecule is COc1cc2c(cc1O)CC[C@@H]1[C@@H]2CC[13C@]2([13CH3])[13C](=O)[13CH2][13CH2][13C@@H]12. The van der Waals surface area contributed by atoms with Gasteiger partial charge in [-0.2, -0.15) is 0 Å². The Kier molecular flexibility index (Phi) is 3.04. The second kappa shape index (κ2) is 4.74. The van der Waals surface area contributed by atoms with Gasteiger partial charge in [-0.3, -0.25) is 4.79 Å². The molecular formula is C19H24O3. The monoisotopic (exact) mass is 306 g/mol. The van der Waals surface area contributed by atoms with E-state index >= 15 is 0 Å². The van der Waals surface area contributed by atoms with Gasteiger partial charge in [0.2, 0.25) is 0 Å². The van der Waals surface area contributed by atoms with Crippen LogP contribution in [0.3, 0.4) is 0 Å². The molecule has 3 nitrogen and oxygen atoms in total. The second-order valence-corrected chi connectivity index (χ2v) is 7.56. The minimum absolute atomic E-state index is 0.0698. The zero-order valence-corrected chi connectivity index (χ0v) is 13.4. The Labute approximate surface area is 131 Å². The molecule has 0 aromatic heterocycles. The van der Waals surface area contributed by atoms with Gasteiger partial charge in [0, 0.05) is 11.8 Å². The summed E-state index contributed by atoms with van der Waals surface area (Å²) in [6, 6.07) is 3.93. The van der Waals surface area contributed by atoms with E-state index in [-0.39, 0.29) is 11.2 Å². The number of carbonyl (C=O) groups excluding carboxylic acids is 1. The van der Waals surface area contributed by atoms with E-state index in [4.69, 9.17) is 4.74 Å². The van der Waals surface area contributed by atoms with Crippen LogP contribution in [0.25, 0.3) is 0 Å². The van der Waals surface area contributed by atoms with E-state index in [0.717, 1.165) is 38.5 Å². The molecule has 118 valence electrons. The van der Waals surface area contributed by atoms with Crippen LogP contribution in [0.5, 0.6) is 11.5 Å². The lowest BCUT2D eigenvalue weighted by molar-refractivity contribution is -0.129. The molecule has 3 heteroatoms. The molecule has 22 heavy (non-hydrogen) atoms. The van der Waals surface area contributed by atoms with Crippen molar-refractivity contribution >= 4 is 5.78 Å². The molecule has 0 aliphatic heterocycles. The first-order valence-electron chi connectivity index (χ1n) is 8.47. The van der Waals surface area contributed by atoms with Crippen molar-refractivity contribution in [2.75, 3.05) is 7.11 Å². The number of aryl methyl sites for hydroxylation is 1. The molecule has 3 aliphatic carbocycles. The Bertz CT molecular complexity index is 636. The summed E-state index contributed by atoms with van der Waals surface area (Å²) in [5.41, 5.74) is 2.56. The molecule has 1 aromatic rings. The molecule has 0 spiro atoms. The third-order valence-corrected chi connectivity index (χ3v) is 6.73. The Morgan fingerprint density at radius 3 is 2.82 bits per heavy atom. The van der Waals surface area contributed by atoms with Gasteiger partial charge in [-0.05, 0) is 73.1 Å². The fourth-order valence-corrected chi connectivity index (χ4v) is 5.52. The highest BCUT2D eigenvalue weighted by atomic mass is 16.5. The third kappa shape index (κ3) is 1.77. The maximum absolute atomic E-state index is 12.3. The predicted molar refractivity (Wildman–Crippen MR) is 84.3 cm³/mol. The summed E-state index contributed by atoms with van der Waals surface area (Å²) >= 11 is 0. The zero-order chi connectivity index (χ0) is 15.5. The average Bonchev–Trinajstić information content (AvgIpc) is 2.82. The number of aromatic hydroxyl groups is 1. The number of ketones is 1. The smallest absolute Gasteiger partial charge is 0.160 e. The number of Topliss-reactive ketones (excluding diaryl/α,β-unsaturated/α-hetero) is 1. The molecular weight excluding hydrogens is 282 g/mol. The van der Waals surface area contributed by atoms with Crippen LogP contribution in [-0.4, -0.2) is 18.0 Å². The molecule has 0 unspecified atom stereocenters. The first-order chi connectivity index (χ1) is 10.5. The van der Waals surface area contributed by atoms with Crippen molar-refractivity contribution in [1.29, 1.82) is 0 Å². The minimum atomic E-state index is -0.0698. The Balaban J connectivity index is 1.74. The van der Waals surface area contributed by atoms with Crippen LogP contribution in [-0.2, 0) is 11.2 Å². The summed E-state index contributed by atoms with van der Waals surface area (Å²) in [6.45, 7) is 2.20. The summed E-state index contributed by atoms with van der Waals surface area (Å²) in [7, 11) is 1.61. The number of methoxy groups -OCH3 is 1. The van der Waals surface area contributed by atoms with Crippen LogP contribution in [0.4, 0.5) is 0 Å². The molecule has 0 amide bonds. The largest absolute Gasteiger partial charge is 0.504 e. The second-order valence-electron chi connectivity index (χ2n) is 7.56. The van der Waals surface area contributed by atoms with Crippen molar-refractivity contribution in [2.24, 2.45) is 17.3 Å². The van der Waals surface area contributed by atoms with Crippen LogP contribution in [0, 0.1) is 17.3 Å². The summed E-state index contributed by atoms with van der Waals surface area (Å²) in [5, 5.41) is 10.0. The molecule has 0 saturated heterocycles.